The summed E-state index contributed by atoms with van der Waals surface area (Å²) in [6.07, 6.45) is 0. The summed E-state index contributed by atoms with van der Waals surface area (Å²) < 4.78 is 16.0. The SMILES string of the molecule is CNC(C)c1nnc(Nc2cc(OC)ccc2OC)o1. The lowest BCUT2D eigenvalue weighted by Gasteiger charge is -2.10. The van der Waals surface area contributed by atoms with Gasteiger partial charge in [0, 0.05) is 6.07 Å². The second-order valence-electron chi connectivity index (χ2n) is 4.15. The van der Waals surface area contributed by atoms with Gasteiger partial charge in [-0.05, 0) is 26.1 Å². The molecule has 7 nitrogen and oxygen atoms in total. The second kappa shape index (κ2) is 6.25. The first-order valence-electron chi connectivity index (χ1n) is 6.17. The molecule has 1 heterocycles. The first-order chi connectivity index (χ1) is 9.67. The van der Waals surface area contributed by atoms with E-state index in [1.54, 1.807) is 26.4 Å². The Labute approximate surface area is 117 Å². The Kier molecular flexibility index (Phi) is 4.41. The zero-order valence-electron chi connectivity index (χ0n) is 11.9. The Morgan fingerprint density at radius 2 is 2.00 bits per heavy atom. The van der Waals surface area contributed by atoms with Crippen LogP contribution >= 0.6 is 0 Å². The molecule has 0 radical (unpaired) electrons. The van der Waals surface area contributed by atoms with Crippen LogP contribution in [0.25, 0.3) is 0 Å². The molecule has 0 bridgehead atoms. The number of methoxy groups -OCH3 is 2. The lowest BCUT2D eigenvalue weighted by Crippen LogP contribution is -2.12. The fraction of sp³-hybridized carbons (Fsp3) is 0.385. The molecular formula is C13H18N4O3. The molecule has 0 fully saturated rings. The molecule has 1 aromatic heterocycles. The summed E-state index contributed by atoms with van der Waals surface area (Å²) in [5.41, 5.74) is 0.694. The standard InChI is InChI=1S/C13H18N4O3/c1-8(14-2)12-16-17-13(20-12)15-10-7-9(18-3)5-6-11(10)19-4/h5-8,14H,1-4H3,(H,15,17). The quantitative estimate of drug-likeness (QED) is 0.837. The van der Waals surface area contributed by atoms with Gasteiger partial charge in [0.05, 0.1) is 25.9 Å². The summed E-state index contributed by atoms with van der Waals surface area (Å²) in [6, 6.07) is 5.70. The predicted octanol–water partition coefficient (Wildman–Crippen LogP) is 2.11. The van der Waals surface area contributed by atoms with Gasteiger partial charge in [-0.3, -0.25) is 0 Å². The maximum Gasteiger partial charge on any atom is 0.320 e. The number of ether oxygens (including phenoxy) is 2. The molecule has 0 amide bonds. The molecule has 20 heavy (non-hydrogen) atoms. The molecular weight excluding hydrogens is 260 g/mol. The second-order valence-corrected chi connectivity index (χ2v) is 4.15. The number of hydrogen-bond donors (Lipinski definition) is 2. The highest BCUT2D eigenvalue weighted by molar-refractivity contribution is 5.64. The third-order valence-electron chi connectivity index (χ3n) is 2.89. The van der Waals surface area contributed by atoms with E-state index in [0.717, 1.165) is 0 Å². The minimum Gasteiger partial charge on any atom is -0.497 e. The number of anilines is 2. The zero-order valence-corrected chi connectivity index (χ0v) is 11.9. The van der Waals surface area contributed by atoms with E-state index in [4.69, 9.17) is 13.9 Å². The fourth-order valence-corrected chi connectivity index (χ4v) is 1.61. The van der Waals surface area contributed by atoms with Crippen molar-refractivity contribution in [1.29, 1.82) is 0 Å². The van der Waals surface area contributed by atoms with Gasteiger partial charge in [-0.25, -0.2) is 0 Å². The molecule has 0 aliphatic heterocycles. The topological polar surface area (TPSA) is 81.4 Å². The molecule has 108 valence electrons. The average molecular weight is 278 g/mol. The highest BCUT2D eigenvalue weighted by Crippen LogP contribution is 2.31. The van der Waals surface area contributed by atoms with Crippen molar-refractivity contribution in [3.8, 4) is 11.5 Å². The summed E-state index contributed by atoms with van der Waals surface area (Å²) >= 11 is 0. The van der Waals surface area contributed by atoms with Gasteiger partial charge in [0.15, 0.2) is 0 Å². The van der Waals surface area contributed by atoms with Crippen molar-refractivity contribution in [3.05, 3.63) is 24.1 Å². The van der Waals surface area contributed by atoms with E-state index in [0.29, 0.717) is 29.1 Å². The van der Waals surface area contributed by atoms with E-state index in [9.17, 15) is 0 Å². The van der Waals surface area contributed by atoms with Gasteiger partial charge in [0.1, 0.15) is 11.5 Å². The first kappa shape index (κ1) is 14.1. The largest absolute Gasteiger partial charge is 0.497 e. The Hall–Kier alpha value is -2.28. The van der Waals surface area contributed by atoms with Gasteiger partial charge in [0.2, 0.25) is 5.89 Å². The molecule has 7 heteroatoms. The molecule has 0 aliphatic carbocycles. The van der Waals surface area contributed by atoms with Crippen molar-refractivity contribution in [3.63, 3.8) is 0 Å². The van der Waals surface area contributed by atoms with E-state index in [-0.39, 0.29) is 6.04 Å². The van der Waals surface area contributed by atoms with Gasteiger partial charge in [-0.2, -0.15) is 0 Å². The van der Waals surface area contributed by atoms with Crippen LogP contribution in [0.3, 0.4) is 0 Å². The van der Waals surface area contributed by atoms with Crippen LogP contribution in [-0.2, 0) is 0 Å². The van der Waals surface area contributed by atoms with Crippen molar-refractivity contribution >= 4 is 11.7 Å². The third-order valence-corrected chi connectivity index (χ3v) is 2.89. The normalized spacial score (nSPS) is 12.0. The highest BCUT2D eigenvalue weighted by atomic mass is 16.5. The van der Waals surface area contributed by atoms with Crippen molar-refractivity contribution in [1.82, 2.24) is 15.5 Å². The monoisotopic (exact) mass is 278 g/mol. The van der Waals surface area contributed by atoms with E-state index >= 15 is 0 Å². The molecule has 2 N–H and O–H groups in total. The minimum atomic E-state index is -0.00902. The van der Waals surface area contributed by atoms with Gasteiger partial charge in [-0.15, -0.1) is 5.10 Å². The van der Waals surface area contributed by atoms with Gasteiger partial charge in [-0.1, -0.05) is 5.10 Å². The smallest absolute Gasteiger partial charge is 0.320 e. The zero-order chi connectivity index (χ0) is 14.5. The van der Waals surface area contributed by atoms with Crippen LogP contribution in [0.15, 0.2) is 22.6 Å². The molecule has 1 aromatic carbocycles. The van der Waals surface area contributed by atoms with Crippen LogP contribution in [0.5, 0.6) is 11.5 Å². The lowest BCUT2D eigenvalue weighted by atomic mass is 10.2. The Bertz CT molecular complexity index is 570. The van der Waals surface area contributed by atoms with Crippen LogP contribution in [0.2, 0.25) is 0 Å². The minimum absolute atomic E-state index is 0.00902. The number of benzene rings is 1. The van der Waals surface area contributed by atoms with Crippen molar-refractivity contribution in [2.45, 2.75) is 13.0 Å². The Morgan fingerprint density at radius 1 is 1.20 bits per heavy atom. The number of nitrogens with one attached hydrogen (secondary N) is 2. The van der Waals surface area contributed by atoms with Crippen LogP contribution < -0.4 is 20.1 Å². The number of aromatic nitrogens is 2. The summed E-state index contributed by atoms with van der Waals surface area (Å²) in [7, 11) is 5.02. The van der Waals surface area contributed by atoms with E-state index < -0.39 is 0 Å². The summed E-state index contributed by atoms with van der Waals surface area (Å²) in [5, 5.41) is 14.0. The summed E-state index contributed by atoms with van der Waals surface area (Å²) in [6.45, 7) is 1.93. The molecule has 2 rings (SSSR count). The molecule has 1 unspecified atom stereocenters. The summed E-state index contributed by atoms with van der Waals surface area (Å²) in [4.78, 5) is 0. The Morgan fingerprint density at radius 3 is 2.65 bits per heavy atom. The lowest BCUT2D eigenvalue weighted by molar-refractivity contribution is 0.404. The molecule has 0 saturated carbocycles. The van der Waals surface area contributed by atoms with E-state index in [2.05, 4.69) is 20.8 Å². The van der Waals surface area contributed by atoms with E-state index in [1.165, 1.54) is 0 Å². The van der Waals surface area contributed by atoms with Crippen LogP contribution in [0.1, 0.15) is 18.9 Å². The van der Waals surface area contributed by atoms with Crippen LogP contribution in [-0.4, -0.2) is 31.5 Å². The van der Waals surface area contributed by atoms with Gasteiger partial charge in [0.25, 0.3) is 0 Å². The highest BCUT2D eigenvalue weighted by Gasteiger charge is 2.13. The van der Waals surface area contributed by atoms with Crippen LogP contribution in [0, 0.1) is 0 Å². The van der Waals surface area contributed by atoms with E-state index in [1.807, 2.05) is 20.0 Å². The molecule has 0 aliphatic rings. The molecule has 0 saturated heterocycles. The third kappa shape index (κ3) is 3.00. The van der Waals surface area contributed by atoms with Crippen LogP contribution in [0.4, 0.5) is 11.7 Å². The molecule has 1 atom stereocenters. The average Bonchev–Trinajstić information content (AvgIpc) is 2.94. The number of nitrogens with zero attached hydrogens (tertiary/aromatic N) is 2. The predicted molar refractivity (Wildman–Crippen MR) is 74.6 cm³/mol. The van der Waals surface area contributed by atoms with Crippen molar-refractivity contribution in [2.75, 3.05) is 26.6 Å². The van der Waals surface area contributed by atoms with Crippen molar-refractivity contribution < 1.29 is 13.9 Å². The maximum absolute atomic E-state index is 5.52. The number of rotatable bonds is 6. The number of hydrogen-bond acceptors (Lipinski definition) is 7. The molecule has 0 spiro atoms. The van der Waals surface area contributed by atoms with Gasteiger partial charge < -0.3 is 24.5 Å². The first-order valence-corrected chi connectivity index (χ1v) is 6.17. The Balaban J connectivity index is 2.22. The fourth-order valence-electron chi connectivity index (χ4n) is 1.61. The van der Waals surface area contributed by atoms with Crippen molar-refractivity contribution in [2.24, 2.45) is 0 Å². The van der Waals surface area contributed by atoms with Gasteiger partial charge >= 0.3 is 6.01 Å². The maximum atomic E-state index is 5.52. The summed E-state index contributed by atoms with van der Waals surface area (Å²) in [5.74, 6) is 1.88. The molecule has 2 aromatic rings.